The van der Waals surface area contributed by atoms with Crippen LogP contribution in [0.5, 0.6) is 5.75 Å². The Hall–Kier alpha value is -3.09. The van der Waals surface area contributed by atoms with Gasteiger partial charge in [0, 0.05) is 24.5 Å². The van der Waals surface area contributed by atoms with Gasteiger partial charge in [-0.1, -0.05) is 42.5 Å². The number of rotatable bonds is 5. The zero-order valence-electron chi connectivity index (χ0n) is 13.0. The molecule has 3 aromatic rings. The molecular formula is C18H14F3N3O. The van der Waals surface area contributed by atoms with Crippen LogP contribution in [-0.4, -0.2) is 16.3 Å². The third kappa shape index (κ3) is 4.94. The van der Waals surface area contributed by atoms with Crippen molar-refractivity contribution in [3.63, 3.8) is 0 Å². The van der Waals surface area contributed by atoms with Crippen LogP contribution in [0, 0.1) is 0 Å². The third-order valence-corrected chi connectivity index (χ3v) is 3.37. The smallest absolute Gasteiger partial charge is 0.406 e. The number of alkyl halides is 3. The van der Waals surface area contributed by atoms with Gasteiger partial charge in [0.15, 0.2) is 0 Å². The Balaban J connectivity index is 1.64. The lowest BCUT2D eigenvalue weighted by atomic mass is 10.1. The molecule has 1 N–H and O–H groups in total. The zero-order valence-corrected chi connectivity index (χ0v) is 13.0. The molecule has 0 saturated heterocycles. The molecule has 0 fully saturated rings. The van der Waals surface area contributed by atoms with E-state index in [4.69, 9.17) is 0 Å². The standard InChI is InChI=1S/C18H14F3N3O/c19-18(20,21)25-16-8-6-14(7-9-16)15-11-23-17(24-12-15)22-10-13-4-2-1-3-5-13/h1-9,11-12H,10H2,(H,22,23,24). The first-order valence-electron chi connectivity index (χ1n) is 7.46. The SMILES string of the molecule is FC(F)(F)Oc1ccc(-c2cnc(NCc3ccccc3)nc2)cc1. The van der Waals surface area contributed by atoms with Gasteiger partial charge in [-0.05, 0) is 23.3 Å². The van der Waals surface area contributed by atoms with Crippen molar-refractivity contribution in [1.29, 1.82) is 0 Å². The van der Waals surface area contributed by atoms with E-state index in [0.29, 0.717) is 23.6 Å². The molecule has 0 amide bonds. The molecule has 0 spiro atoms. The molecule has 0 aliphatic rings. The maximum absolute atomic E-state index is 12.2. The summed E-state index contributed by atoms with van der Waals surface area (Å²) in [5.41, 5.74) is 2.50. The average Bonchev–Trinajstić information content (AvgIpc) is 2.61. The number of nitrogens with one attached hydrogen (secondary N) is 1. The molecule has 0 aliphatic heterocycles. The highest BCUT2D eigenvalue weighted by Gasteiger charge is 2.30. The van der Waals surface area contributed by atoms with Gasteiger partial charge < -0.3 is 10.1 Å². The Labute approximate surface area is 142 Å². The summed E-state index contributed by atoms with van der Waals surface area (Å²) in [7, 11) is 0. The van der Waals surface area contributed by atoms with Crippen molar-refractivity contribution in [3.05, 3.63) is 72.6 Å². The van der Waals surface area contributed by atoms with Crippen LogP contribution in [0.25, 0.3) is 11.1 Å². The molecular weight excluding hydrogens is 331 g/mol. The summed E-state index contributed by atoms with van der Waals surface area (Å²) in [6.07, 6.45) is -1.48. The fourth-order valence-corrected chi connectivity index (χ4v) is 2.19. The van der Waals surface area contributed by atoms with E-state index >= 15 is 0 Å². The molecule has 128 valence electrons. The van der Waals surface area contributed by atoms with Crippen molar-refractivity contribution < 1.29 is 17.9 Å². The summed E-state index contributed by atoms with van der Waals surface area (Å²) in [6.45, 7) is 0.601. The number of ether oxygens (including phenoxy) is 1. The second kappa shape index (κ2) is 7.21. The fraction of sp³-hybridized carbons (Fsp3) is 0.111. The summed E-state index contributed by atoms with van der Waals surface area (Å²) in [5, 5.41) is 3.11. The van der Waals surface area contributed by atoms with Gasteiger partial charge in [-0.2, -0.15) is 0 Å². The first-order chi connectivity index (χ1) is 12.0. The normalized spacial score (nSPS) is 11.2. The van der Waals surface area contributed by atoms with Crippen molar-refractivity contribution in [2.75, 3.05) is 5.32 Å². The molecule has 2 aromatic carbocycles. The highest BCUT2D eigenvalue weighted by molar-refractivity contribution is 5.62. The van der Waals surface area contributed by atoms with Gasteiger partial charge in [0.2, 0.25) is 5.95 Å². The maximum Gasteiger partial charge on any atom is 0.573 e. The minimum atomic E-state index is -4.70. The van der Waals surface area contributed by atoms with E-state index in [9.17, 15) is 13.2 Å². The molecule has 4 nitrogen and oxygen atoms in total. The predicted molar refractivity (Wildman–Crippen MR) is 87.9 cm³/mol. The Morgan fingerprint density at radius 2 is 1.48 bits per heavy atom. The molecule has 0 atom stereocenters. The van der Waals surface area contributed by atoms with Crippen LogP contribution >= 0.6 is 0 Å². The number of anilines is 1. The Morgan fingerprint density at radius 1 is 0.840 bits per heavy atom. The number of aromatic nitrogens is 2. The maximum atomic E-state index is 12.2. The van der Waals surface area contributed by atoms with Crippen molar-refractivity contribution in [2.24, 2.45) is 0 Å². The lowest BCUT2D eigenvalue weighted by Crippen LogP contribution is -2.16. The van der Waals surface area contributed by atoms with E-state index in [1.54, 1.807) is 12.4 Å². The summed E-state index contributed by atoms with van der Waals surface area (Å²) >= 11 is 0. The van der Waals surface area contributed by atoms with Gasteiger partial charge in [-0.15, -0.1) is 13.2 Å². The highest BCUT2D eigenvalue weighted by Crippen LogP contribution is 2.26. The monoisotopic (exact) mass is 345 g/mol. The molecule has 0 radical (unpaired) electrons. The third-order valence-electron chi connectivity index (χ3n) is 3.37. The van der Waals surface area contributed by atoms with Crippen LogP contribution < -0.4 is 10.1 Å². The summed E-state index contributed by atoms with van der Waals surface area (Å²) in [5.74, 6) is 0.211. The lowest BCUT2D eigenvalue weighted by Gasteiger charge is -2.09. The molecule has 0 bridgehead atoms. The quantitative estimate of drug-likeness (QED) is 0.731. The van der Waals surface area contributed by atoms with Gasteiger partial charge in [0.1, 0.15) is 5.75 Å². The van der Waals surface area contributed by atoms with E-state index in [2.05, 4.69) is 20.0 Å². The zero-order chi connectivity index (χ0) is 17.7. The minimum Gasteiger partial charge on any atom is -0.406 e. The Morgan fingerprint density at radius 3 is 2.08 bits per heavy atom. The topological polar surface area (TPSA) is 47.0 Å². The summed E-state index contributed by atoms with van der Waals surface area (Å²) in [4.78, 5) is 8.44. The van der Waals surface area contributed by atoms with Crippen LogP contribution in [0.2, 0.25) is 0 Å². The van der Waals surface area contributed by atoms with Crippen molar-refractivity contribution in [1.82, 2.24) is 9.97 Å². The largest absolute Gasteiger partial charge is 0.573 e. The first kappa shape index (κ1) is 16.8. The minimum absolute atomic E-state index is 0.265. The number of hydrogen-bond donors (Lipinski definition) is 1. The Kier molecular flexibility index (Phi) is 4.83. The summed E-state index contributed by atoms with van der Waals surface area (Å²) in [6, 6.07) is 15.4. The van der Waals surface area contributed by atoms with Crippen molar-refractivity contribution in [2.45, 2.75) is 12.9 Å². The van der Waals surface area contributed by atoms with Gasteiger partial charge in [0.05, 0.1) is 0 Å². The molecule has 1 aromatic heterocycles. The highest BCUT2D eigenvalue weighted by atomic mass is 19.4. The van der Waals surface area contributed by atoms with Crippen LogP contribution in [0.3, 0.4) is 0 Å². The van der Waals surface area contributed by atoms with Crippen molar-refractivity contribution >= 4 is 5.95 Å². The Bertz CT molecular complexity index is 804. The summed E-state index contributed by atoms with van der Waals surface area (Å²) < 4.78 is 40.3. The van der Waals surface area contributed by atoms with Gasteiger partial charge in [-0.25, -0.2) is 9.97 Å². The molecule has 25 heavy (non-hydrogen) atoms. The van der Waals surface area contributed by atoms with E-state index in [1.807, 2.05) is 30.3 Å². The number of hydrogen-bond acceptors (Lipinski definition) is 4. The fourth-order valence-electron chi connectivity index (χ4n) is 2.19. The van der Waals surface area contributed by atoms with Gasteiger partial charge in [-0.3, -0.25) is 0 Å². The van der Waals surface area contributed by atoms with Gasteiger partial charge in [0.25, 0.3) is 0 Å². The molecule has 0 unspecified atom stereocenters. The average molecular weight is 345 g/mol. The van der Waals surface area contributed by atoms with Gasteiger partial charge >= 0.3 is 6.36 Å². The van der Waals surface area contributed by atoms with Crippen LogP contribution in [0.1, 0.15) is 5.56 Å². The van der Waals surface area contributed by atoms with E-state index < -0.39 is 6.36 Å². The predicted octanol–water partition coefficient (Wildman–Crippen LogP) is 4.65. The van der Waals surface area contributed by atoms with Crippen LogP contribution in [0.15, 0.2) is 67.0 Å². The van der Waals surface area contributed by atoms with Crippen LogP contribution in [0.4, 0.5) is 19.1 Å². The number of nitrogens with zero attached hydrogens (tertiary/aromatic N) is 2. The van der Waals surface area contributed by atoms with E-state index in [0.717, 1.165) is 5.56 Å². The lowest BCUT2D eigenvalue weighted by molar-refractivity contribution is -0.274. The molecule has 0 aliphatic carbocycles. The second-order valence-electron chi connectivity index (χ2n) is 5.21. The first-order valence-corrected chi connectivity index (χ1v) is 7.46. The molecule has 1 heterocycles. The van der Waals surface area contributed by atoms with Crippen molar-refractivity contribution in [3.8, 4) is 16.9 Å². The molecule has 0 saturated carbocycles. The van der Waals surface area contributed by atoms with Crippen LogP contribution in [-0.2, 0) is 6.54 Å². The molecule has 7 heteroatoms. The van der Waals surface area contributed by atoms with E-state index in [-0.39, 0.29) is 5.75 Å². The number of benzene rings is 2. The molecule has 3 rings (SSSR count). The van der Waals surface area contributed by atoms with E-state index in [1.165, 1.54) is 24.3 Å². The second-order valence-corrected chi connectivity index (χ2v) is 5.21. The number of halogens is 3.